The van der Waals surface area contributed by atoms with Gasteiger partial charge in [-0.25, -0.2) is 0 Å². The maximum atomic E-state index is 12.9. The molecule has 1 N–H and O–H groups in total. The molecule has 1 heterocycles. The van der Waals surface area contributed by atoms with Gasteiger partial charge in [-0.15, -0.1) is 0 Å². The Balaban J connectivity index is 2.10. The first kappa shape index (κ1) is 17.7. The van der Waals surface area contributed by atoms with Crippen LogP contribution in [-0.4, -0.2) is 24.6 Å². The number of likely N-dealkylation sites (N-methyl/N-ethyl adjacent to an activating group) is 1. The third-order valence-corrected chi connectivity index (χ3v) is 4.82. The van der Waals surface area contributed by atoms with Gasteiger partial charge in [0.05, 0.1) is 23.2 Å². The third-order valence-electron chi connectivity index (χ3n) is 4.82. The highest BCUT2D eigenvalue weighted by Gasteiger charge is 2.20. The number of benzene rings is 2. The number of hydrogen-bond acceptors (Lipinski definition) is 3. The summed E-state index contributed by atoms with van der Waals surface area (Å²) in [5.41, 5.74) is 3.79. The second kappa shape index (κ2) is 7.04. The van der Waals surface area contributed by atoms with Gasteiger partial charge in [-0.05, 0) is 30.7 Å². The van der Waals surface area contributed by atoms with Gasteiger partial charge in [-0.2, -0.15) is 0 Å². The number of nitrogens with one attached hydrogen (secondary N) is 1. The van der Waals surface area contributed by atoms with Crippen LogP contribution in [0.25, 0.3) is 10.9 Å². The van der Waals surface area contributed by atoms with Crippen LogP contribution >= 0.6 is 0 Å². The van der Waals surface area contributed by atoms with Crippen molar-refractivity contribution in [3.8, 4) is 0 Å². The van der Waals surface area contributed by atoms with E-state index < -0.39 is 0 Å². The second-order valence-corrected chi connectivity index (χ2v) is 6.40. The molecule has 5 heteroatoms. The zero-order valence-corrected chi connectivity index (χ0v) is 15.5. The Bertz CT molecular complexity index is 1020. The lowest BCUT2D eigenvalue weighted by molar-refractivity contribution is -0.117. The van der Waals surface area contributed by atoms with Gasteiger partial charge < -0.3 is 14.8 Å². The summed E-state index contributed by atoms with van der Waals surface area (Å²) in [6.45, 7) is 2.01. The lowest BCUT2D eigenvalue weighted by atomic mass is 10.0. The molecule has 0 saturated carbocycles. The summed E-state index contributed by atoms with van der Waals surface area (Å²) < 4.78 is 1.62. The summed E-state index contributed by atoms with van der Waals surface area (Å²) in [5.74, 6) is -0.127. The number of fused-ring (bicyclic) bond motifs is 1. The lowest BCUT2D eigenvalue weighted by Crippen LogP contribution is -2.32. The maximum Gasteiger partial charge on any atom is 0.256 e. The number of aromatic nitrogens is 1. The van der Waals surface area contributed by atoms with E-state index in [9.17, 15) is 9.59 Å². The van der Waals surface area contributed by atoms with E-state index in [1.807, 2.05) is 55.5 Å². The van der Waals surface area contributed by atoms with E-state index >= 15 is 0 Å². The van der Waals surface area contributed by atoms with E-state index in [0.29, 0.717) is 5.56 Å². The van der Waals surface area contributed by atoms with Gasteiger partial charge in [0.2, 0.25) is 5.91 Å². The van der Waals surface area contributed by atoms with E-state index in [1.165, 1.54) is 0 Å². The van der Waals surface area contributed by atoms with Gasteiger partial charge >= 0.3 is 0 Å². The smallest absolute Gasteiger partial charge is 0.256 e. The summed E-state index contributed by atoms with van der Waals surface area (Å²) in [6.07, 6.45) is 0.0402. The van der Waals surface area contributed by atoms with Crippen LogP contribution in [0.5, 0.6) is 0 Å². The summed E-state index contributed by atoms with van der Waals surface area (Å²) >= 11 is 0. The van der Waals surface area contributed by atoms with Crippen molar-refractivity contribution in [1.82, 2.24) is 4.57 Å². The molecule has 0 fully saturated rings. The second-order valence-electron chi connectivity index (χ2n) is 6.40. The normalized spacial score (nSPS) is 10.8. The number of rotatable bonds is 4. The van der Waals surface area contributed by atoms with E-state index in [1.54, 1.807) is 30.6 Å². The van der Waals surface area contributed by atoms with Crippen LogP contribution in [0.2, 0.25) is 0 Å². The Hall–Kier alpha value is -3.08. The van der Waals surface area contributed by atoms with Crippen molar-refractivity contribution >= 4 is 28.2 Å². The van der Waals surface area contributed by atoms with Crippen molar-refractivity contribution in [2.45, 2.75) is 13.3 Å². The third kappa shape index (κ3) is 2.96. The van der Waals surface area contributed by atoms with Crippen LogP contribution < -0.4 is 15.8 Å². The molecule has 26 heavy (non-hydrogen) atoms. The Morgan fingerprint density at radius 1 is 1.12 bits per heavy atom. The van der Waals surface area contributed by atoms with Crippen molar-refractivity contribution in [1.29, 1.82) is 0 Å². The first-order valence-corrected chi connectivity index (χ1v) is 8.56. The lowest BCUT2D eigenvalue weighted by Gasteiger charge is -2.20. The zero-order valence-electron chi connectivity index (χ0n) is 15.5. The minimum absolute atomic E-state index is 0.0402. The summed E-state index contributed by atoms with van der Waals surface area (Å²) in [5, 5.41) is 4.12. The van der Waals surface area contributed by atoms with E-state index in [2.05, 4.69) is 5.32 Å². The largest absolute Gasteiger partial charge is 0.387 e. The SMILES string of the molecule is CNc1c(CC(=O)N(C)c2ccccc2)c(=O)n(C)c2cccc(C)c12. The number of carbonyl (C=O) groups is 1. The molecule has 0 bridgehead atoms. The van der Waals surface area contributed by atoms with Crippen molar-refractivity contribution < 1.29 is 4.79 Å². The Labute approximate surface area is 152 Å². The molecule has 0 atom stereocenters. The predicted molar refractivity (Wildman–Crippen MR) is 107 cm³/mol. The molecule has 1 amide bonds. The standard InChI is InChI=1S/C21H23N3O2/c1-14-9-8-12-17-19(14)20(22-2)16(21(26)24(17)4)13-18(25)23(3)15-10-6-5-7-11-15/h5-12,22H,13H2,1-4H3. The number of aryl methyl sites for hydroxylation is 2. The summed E-state index contributed by atoms with van der Waals surface area (Å²) in [6, 6.07) is 15.3. The molecule has 3 aromatic rings. The van der Waals surface area contributed by atoms with Crippen LogP contribution in [0.1, 0.15) is 11.1 Å². The molecule has 2 aromatic carbocycles. The monoisotopic (exact) mass is 349 g/mol. The highest BCUT2D eigenvalue weighted by Crippen LogP contribution is 2.28. The molecule has 5 nitrogen and oxygen atoms in total. The molecule has 0 unspecified atom stereocenters. The molecule has 0 aliphatic carbocycles. The molecule has 3 rings (SSSR count). The maximum absolute atomic E-state index is 12.9. The minimum Gasteiger partial charge on any atom is -0.387 e. The number of carbonyl (C=O) groups excluding carboxylic acids is 1. The Morgan fingerprint density at radius 2 is 1.81 bits per heavy atom. The fourth-order valence-corrected chi connectivity index (χ4v) is 3.33. The van der Waals surface area contributed by atoms with Crippen molar-refractivity contribution in [2.75, 3.05) is 24.3 Å². The number of hydrogen-bond donors (Lipinski definition) is 1. The summed E-state index contributed by atoms with van der Waals surface area (Å²) in [4.78, 5) is 27.3. The van der Waals surface area contributed by atoms with Gasteiger partial charge in [-0.3, -0.25) is 9.59 Å². The molecule has 0 aliphatic rings. The molecule has 0 radical (unpaired) electrons. The molecule has 134 valence electrons. The van der Waals surface area contributed by atoms with Crippen LogP contribution in [0.4, 0.5) is 11.4 Å². The van der Waals surface area contributed by atoms with Crippen LogP contribution in [-0.2, 0) is 18.3 Å². The average Bonchev–Trinajstić information content (AvgIpc) is 2.66. The van der Waals surface area contributed by atoms with E-state index in [-0.39, 0.29) is 17.9 Å². The van der Waals surface area contributed by atoms with Crippen LogP contribution in [0.3, 0.4) is 0 Å². The Morgan fingerprint density at radius 3 is 2.46 bits per heavy atom. The van der Waals surface area contributed by atoms with Crippen molar-refractivity contribution in [3.63, 3.8) is 0 Å². The minimum atomic E-state index is -0.151. The quantitative estimate of drug-likeness (QED) is 0.787. The van der Waals surface area contributed by atoms with Crippen molar-refractivity contribution in [2.24, 2.45) is 7.05 Å². The number of para-hydroxylation sites is 1. The van der Waals surface area contributed by atoms with Gasteiger partial charge in [0.15, 0.2) is 0 Å². The number of amides is 1. The van der Waals surface area contributed by atoms with E-state index in [0.717, 1.165) is 27.8 Å². The fourth-order valence-electron chi connectivity index (χ4n) is 3.33. The summed E-state index contributed by atoms with van der Waals surface area (Å²) in [7, 11) is 5.27. The average molecular weight is 349 g/mol. The van der Waals surface area contributed by atoms with Gasteiger partial charge in [-0.1, -0.05) is 30.3 Å². The molecular weight excluding hydrogens is 326 g/mol. The number of pyridine rings is 1. The van der Waals surface area contributed by atoms with Crippen LogP contribution in [0.15, 0.2) is 53.3 Å². The highest BCUT2D eigenvalue weighted by atomic mass is 16.2. The highest BCUT2D eigenvalue weighted by molar-refractivity contribution is 6.00. The first-order valence-electron chi connectivity index (χ1n) is 8.56. The topological polar surface area (TPSA) is 54.3 Å². The predicted octanol–water partition coefficient (Wildman–Crippen LogP) is 3.09. The molecule has 0 saturated heterocycles. The van der Waals surface area contributed by atoms with Crippen molar-refractivity contribution in [3.05, 3.63) is 70.0 Å². The number of anilines is 2. The molecular formula is C21H23N3O2. The van der Waals surface area contributed by atoms with Crippen LogP contribution in [0, 0.1) is 6.92 Å². The molecule has 0 aliphatic heterocycles. The van der Waals surface area contributed by atoms with E-state index in [4.69, 9.17) is 0 Å². The molecule has 1 aromatic heterocycles. The van der Waals surface area contributed by atoms with Gasteiger partial charge in [0.1, 0.15) is 0 Å². The van der Waals surface area contributed by atoms with Gasteiger partial charge in [0.25, 0.3) is 5.56 Å². The number of nitrogens with zero attached hydrogens (tertiary/aromatic N) is 2. The molecule has 0 spiro atoms. The fraction of sp³-hybridized carbons (Fsp3) is 0.238. The van der Waals surface area contributed by atoms with Gasteiger partial charge in [0, 0.05) is 32.2 Å². The first-order chi connectivity index (χ1) is 12.5. The zero-order chi connectivity index (χ0) is 18.8. The Kier molecular flexibility index (Phi) is 4.80.